The molecular formula is C19H24N4O. The van der Waals surface area contributed by atoms with Crippen LogP contribution in [0.4, 0.5) is 0 Å². The van der Waals surface area contributed by atoms with E-state index in [1.807, 2.05) is 24.9 Å². The molecule has 2 aliphatic heterocycles. The summed E-state index contributed by atoms with van der Waals surface area (Å²) >= 11 is 0. The van der Waals surface area contributed by atoms with Crippen LogP contribution < -0.4 is 0 Å². The molecule has 0 spiro atoms. The SMILES string of the molecule is Cc1cc(C(=O)N2CCC(N3CCc4ccccc4C3)C2)n(C)n1. The van der Waals surface area contributed by atoms with Crippen LogP contribution in [0.1, 0.15) is 33.7 Å². The first kappa shape index (κ1) is 15.4. The van der Waals surface area contributed by atoms with E-state index in [-0.39, 0.29) is 5.91 Å². The Kier molecular flexibility index (Phi) is 3.88. The third-order valence-electron chi connectivity index (χ3n) is 5.35. The molecule has 5 nitrogen and oxygen atoms in total. The zero-order valence-electron chi connectivity index (χ0n) is 14.4. The topological polar surface area (TPSA) is 41.4 Å². The molecular weight excluding hydrogens is 300 g/mol. The van der Waals surface area contributed by atoms with Crippen LogP contribution in [0.3, 0.4) is 0 Å². The van der Waals surface area contributed by atoms with Crippen LogP contribution >= 0.6 is 0 Å². The van der Waals surface area contributed by atoms with Crippen LogP contribution in [0.15, 0.2) is 30.3 Å². The molecule has 3 heterocycles. The smallest absolute Gasteiger partial charge is 0.272 e. The largest absolute Gasteiger partial charge is 0.336 e. The molecule has 1 unspecified atom stereocenters. The van der Waals surface area contributed by atoms with Gasteiger partial charge in [0, 0.05) is 39.3 Å². The highest BCUT2D eigenvalue weighted by Gasteiger charge is 2.33. The van der Waals surface area contributed by atoms with E-state index in [4.69, 9.17) is 0 Å². The lowest BCUT2D eigenvalue weighted by Crippen LogP contribution is -2.41. The Morgan fingerprint density at radius 3 is 2.75 bits per heavy atom. The highest BCUT2D eigenvalue weighted by atomic mass is 16.2. The number of nitrogens with zero attached hydrogens (tertiary/aromatic N) is 4. The van der Waals surface area contributed by atoms with Gasteiger partial charge >= 0.3 is 0 Å². The summed E-state index contributed by atoms with van der Waals surface area (Å²) in [4.78, 5) is 17.3. The Morgan fingerprint density at radius 1 is 1.21 bits per heavy atom. The number of hydrogen-bond donors (Lipinski definition) is 0. The molecule has 2 aromatic rings. The van der Waals surface area contributed by atoms with E-state index in [1.165, 1.54) is 11.1 Å². The summed E-state index contributed by atoms with van der Waals surface area (Å²) in [7, 11) is 1.84. The molecule has 0 N–H and O–H groups in total. The number of benzene rings is 1. The zero-order chi connectivity index (χ0) is 16.7. The number of amides is 1. The number of rotatable bonds is 2. The molecule has 1 atom stereocenters. The van der Waals surface area contributed by atoms with Gasteiger partial charge in [-0.05, 0) is 37.0 Å². The third-order valence-corrected chi connectivity index (χ3v) is 5.35. The van der Waals surface area contributed by atoms with Crippen molar-refractivity contribution in [2.75, 3.05) is 19.6 Å². The Hall–Kier alpha value is -2.14. The van der Waals surface area contributed by atoms with Gasteiger partial charge in [0.05, 0.1) is 5.69 Å². The molecule has 1 fully saturated rings. The Bertz CT molecular complexity index is 766. The van der Waals surface area contributed by atoms with Crippen LogP contribution in [0.25, 0.3) is 0 Å². The zero-order valence-corrected chi connectivity index (χ0v) is 14.4. The number of fused-ring (bicyclic) bond motifs is 1. The van der Waals surface area contributed by atoms with Crippen molar-refractivity contribution in [2.24, 2.45) is 7.05 Å². The van der Waals surface area contributed by atoms with E-state index >= 15 is 0 Å². The molecule has 1 aromatic heterocycles. The molecule has 0 radical (unpaired) electrons. The van der Waals surface area contributed by atoms with Gasteiger partial charge in [-0.3, -0.25) is 14.4 Å². The van der Waals surface area contributed by atoms with E-state index in [2.05, 4.69) is 34.3 Å². The van der Waals surface area contributed by atoms with Gasteiger partial charge in [0.2, 0.25) is 0 Å². The van der Waals surface area contributed by atoms with Crippen molar-refractivity contribution in [2.45, 2.75) is 32.4 Å². The highest BCUT2D eigenvalue weighted by molar-refractivity contribution is 5.92. The summed E-state index contributed by atoms with van der Waals surface area (Å²) in [5, 5.41) is 4.30. The first-order valence-corrected chi connectivity index (χ1v) is 8.72. The minimum Gasteiger partial charge on any atom is -0.336 e. The molecule has 1 amide bonds. The molecule has 126 valence electrons. The Labute approximate surface area is 142 Å². The summed E-state index contributed by atoms with van der Waals surface area (Å²) in [6, 6.07) is 11.1. The summed E-state index contributed by atoms with van der Waals surface area (Å²) < 4.78 is 1.70. The predicted molar refractivity (Wildman–Crippen MR) is 92.8 cm³/mol. The van der Waals surface area contributed by atoms with Gasteiger partial charge in [0.25, 0.3) is 5.91 Å². The Balaban J connectivity index is 1.44. The lowest BCUT2D eigenvalue weighted by Gasteiger charge is -2.33. The number of carbonyl (C=O) groups is 1. The number of aryl methyl sites for hydroxylation is 2. The molecule has 0 saturated carbocycles. The first-order valence-electron chi connectivity index (χ1n) is 8.72. The van der Waals surface area contributed by atoms with E-state index in [0.29, 0.717) is 11.7 Å². The molecule has 0 bridgehead atoms. The van der Waals surface area contributed by atoms with Crippen LogP contribution in [-0.4, -0.2) is 51.2 Å². The van der Waals surface area contributed by atoms with Crippen LogP contribution in [0.5, 0.6) is 0 Å². The van der Waals surface area contributed by atoms with Gasteiger partial charge in [-0.25, -0.2) is 0 Å². The van der Waals surface area contributed by atoms with Crippen molar-refractivity contribution in [3.63, 3.8) is 0 Å². The van der Waals surface area contributed by atoms with Crippen molar-refractivity contribution < 1.29 is 4.79 Å². The fraction of sp³-hybridized carbons (Fsp3) is 0.474. The van der Waals surface area contributed by atoms with Crippen LogP contribution in [0.2, 0.25) is 0 Å². The standard InChI is InChI=1S/C19H24N4O/c1-14-11-18(21(2)20-14)19(24)23-10-8-17(13-23)22-9-7-15-5-3-4-6-16(15)12-22/h3-6,11,17H,7-10,12-13H2,1-2H3. The lowest BCUT2D eigenvalue weighted by atomic mass is 9.98. The lowest BCUT2D eigenvalue weighted by molar-refractivity contribution is 0.0762. The number of hydrogen-bond acceptors (Lipinski definition) is 3. The molecule has 2 aliphatic rings. The number of carbonyl (C=O) groups excluding carboxylic acids is 1. The van der Waals surface area contributed by atoms with Crippen molar-refractivity contribution in [3.05, 3.63) is 52.8 Å². The van der Waals surface area contributed by atoms with Gasteiger partial charge in [0.15, 0.2) is 0 Å². The van der Waals surface area contributed by atoms with Crippen molar-refractivity contribution in [1.29, 1.82) is 0 Å². The second kappa shape index (κ2) is 6.06. The van der Waals surface area contributed by atoms with E-state index in [9.17, 15) is 4.79 Å². The van der Waals surface area contributed by atoms with Gasteiger partial charge < -0.3 is 4.90 Å². The average Bonchev–Trinajstić information content (AvgIpc) is 3.20. The van der Waals surface area contributed by atoms with Gasteiger partial charge in [0.1, 0.15) is 5.69 Å². The van der Waals surface area contributed by atoms with E-state index < -0.39 is 0 Å². The minimum absolute atomic E-state index is 0.109. The van der Waals surface area contributed by atoms with Crippen LogP contribution in [-0.2, 0) is 20.0 Å². The predicted octanol–water partition coefficient (Wildman–Crippen LogP) is 2.00. The summed E-state index contributed by atoms with van der Waals surface area (Å²) in [5.74, 6) is 0.109. The quantitative estimate of drug-likeness (QED) is 0.848. The molecule has 0 aliphatic carbocycles. The molecule has 5 heteroatoms. The van der Waals surface area contributed by atoms with Crippen LogP contribution in [0, 0.1) is 6.92 Å². The average molecular weight is 324 g/mol. The second-order valence-electron chi connectivity index (χ2n) is 6.98. The highest BCUT2D eigenvalue weighted by Crippen LogP contribution is 2.25. The Morgan fingerprint density at radius 2 is 2.00 bits per heavy atom. The van der Waals surface area contributed by atoms with E-state index in [0.717, 1.165) is 44.7 Å². The fourth-order valence-corrected chi connectivity index (χ4v) is 4.03. The maximum Gasteiger partial charge on any atom is 0.272 e. The third kappa shape index (κ3) is 2.73. The molecule has 1 saturated heterocycles. The minimum atomic E-state index is 0.109. The van der Waals surface area contributed by atoms with Crippen molar-refractivity contribution in [3.8, 4) is 0 Å². The van der Waals surface area contributed by atoms with Crippen molar-refractivity contribution >= 4 is 5.91 Å². The summed E-state index contributed by atoms with van der Waals surface area (Å²) in [6.07, 6.45) is 2.17. The van der Waals surface area contributed by atoms with Gasteiger partial charge in [-0.15, -0.1) is 0 Å². The van der Waals surface area contributed by atoms with E-state index in [1.54, 1.807) is 4.68 Å². The first-order chi connectivity index (χ1) is 11.6. The maximum atomic E-state index is 12.8. The number of likely N-dealkylation sites (tertiary alicyclic amines) is 1. The second-order valence-corrected chi connectivity index (χ2v) is 6.98. The monoisotopic (exact) mass is 324 g/mol. The van der Waals surface area contributed by atoms with Crippen molar-refractivity contribution in [1.82, 2.24) is 19.6 Å². The van der Waals surface area contributed by atoms with Gasteiger partial charge in [-0.1, -0.05) is 24.3 Å². The fourth-order valence-electron chi connectivity index (χ4n) is 4.03. The molecule has 4 rings (SSSR count). The number of aromatic nitrogens is 2. The molecule has 1 aromatic carbocycles. The summed E-state index contributed by atoms with van der Waals surface area (Å²) in [6.45, 7) is 5.69. The normalized spacial score (nSPS) is 21.1. The maximum absolute atomic E-state index is 12.8. The molecule has 24 heavy (non-hydrogen) atoms. The summed E-state index contributed by atoms with van der Waals surface area (Å²) in [5.41, 5.74) is 4.50. The van der Waals surface area contributed by atoms with Gasteiger partial charge in [-0.2, -0.15) is 5.10 Å².